The van der Waals surface area contributed by atoms with Crippen LogP contribution in [-0.4, -0.2) is 13.2 Å². The Morgan fingerprint density at radius 3 is 2.50 bits per heavy atom. The molecule has 0 aliphatic carbocycles. The minimum Gasteiger partial charge on any atom is -0.302 e. The highest BCUT2D eigenvalue weighted by atomic mass is 35.5. The van der Waals surface area contributed by atoms with Gasteiger partial charge < -0.3 is 4.84 Å². The third-order valence-corrected chi connectivity index (χ3v) is 0.627. The fraction of sp³-hybridized carbons (Fsp3) is 1.00. The highest BCUT2D eigenvalue weighted by Crippen LogP contribution is 1.83. The molecule has 1 fully saturated rings. The van der Waals surface area contributed by atoms with Gasteiger partial charge in [-0.2, -0.15) is 0 Å². The minimum absolute atomic E-state index is 0. The van der Waals surface area contributed by atoms with Crippen LogP contribution in [0.3, 0.4) is 0 Å². The monoisotopic (exact) mass is 109 g/mol. The molecule has 0 aromatic heterocycles. The summed E-state index contributed by atoms with van der Waals surface area (Å²) in [7, 11) is 0. The van der Waals surface area contributed by atoms with Crippen LogP contribution in [0.2, 0.25) is 0 Å². The summed E-state index contributed by atoms with van der Waals surface area (Å²) in [5, 5.41) is 0. The van der Waals surface area contributed by atoms with Crippen LogP contribution in [0.5, 0.6) is 0 Å². The van der Waals surface area contributed by atoms with E-state index < -0.39 is 0 Å². The van der Waals surface area contributed by atoms with E-state index in [1.165, 1.54) is 6.42 Å². The van der Waals surface area contributed by atoms with E-state index in [9.17, 15) is 0 Å². The first kappa shape index (κ1) is 6.21. The average Bonchev–Trinajstić information content (AvgIpc) is 1.76. The van der Waals surface area contributed by atoms with Crippen molar-refractivity contribution in [1.29, 1.82) is 0 Å². The fourth-order valence-electron chi connectivity index (χ4n) is 0.361. The van der Waals surface area contributed by atoms with Crippen LogP contribution in [0.1, 0.15) is 6.42 Å². The molecule has 1 heterocycles. The molecule has 0 amide bonds. The van der Waals surface area contributed by atoms with Gasteiger partial charge in [0, 0.05) is 6.54 Å². The third kappa shape index (κ3) is 1.60. The summed E-state index contributed by atoms with van der Waals surface area (Å²) < 4.78 is 0. The van der Waals surface area contributed by atoms with Gasteiger partial charge in [-0.1, -0.05) is 0 Å². The summed E-state index contributed by atoms with van der Waals surface area (Å²) in [5.41, 5.74) is 2.72. The second-order valence-corrected chi connectivity index (χ2v) is 1.10. The molecule has 0 aromatic carbocycles. The van der Waals surface area contributed by atoms with Gasteiger partial charge in [-0.25, -0.2) is 5.48 Å². The van der Waals surface area contributed by atoms with E-state index in [0.717, 1.165) is 13.2 Å². The van der Waals surface area contributed by atoms with Gasteiger partial charge in [0.05, 0.1) is 6.61 Å². The molecule has 0 saturated carbocycles. The molecule has 1 aliphatic rings. The zero-order valence-corrected chi connectivity index (χ0v) is 4.25. The van der Waals surface area contributed by atoms with Gasteiger partial charge in [-0.15, -0.1) is 12.4 Å². The molecule has 0 aromatic rings. The summed E-state index contributed by atoms with van der Waals surface area (Å²) in [5.74, 6) is 0. The average molecular weight is 110 g/mol. The number of hydroxylamine groups is 1. The van der Waals surface area contributed by atoms with Crippen molar-refractivity contribution in [2.24, 2.45) is 0 Å². The molecule has 0 radical (unpaired) electrons. The topological polar surface area (TPSA) is 21.3 Å². The summed E-state index contributed by atoms with van der Waals surface area (Å²) in [6.07, 6.45) is 1.17. The summed E-state index contributed by atoms with van der Waals surface area (Å²) in [6.45, 7) is 1.92. The van der Waals surface area contributed by atoms with Crippen molar-refractivity contribution in [1.82, 2.24) is 5.48 Å². The van der Waals surface area contributed by atoms with Crippen LogP contribution in [0, 0.1) is 0 Å². The Morgan fingerprint density at radius 2 is 2.33 bits per heavy atom. The lowest BCUT2D eigenvalue weighted by Crippen LogP contribution is -2.01. The largest absolute Gasteiger partial charge is 0.302 e. The van der Waals surface area contributed by atoms with Crippen LogP contribution in [-0.2, 0) is 4.84 Å². The molecule has 1 aliphatic heterocycles. The van der Waals surface area contributed by atoms with Crippen LogP contribution < -0.4 is 5.48 Å². The molecule has 1 N–H and O–H groups in total. The summed E-state index contributed by atoms with van der Waals surface area (Å²) >= 11 is 0. The van der Waals surface area contributed by atoms with Crippen LogP contribution in [0.25, 0.3) is 0 Å². The lowest BCUT2D eigenvalue weighted by molar-refractivity contribution is 0.103. The Balaban J connectivity index is 0.000000250. The van der Waals surface area contributed by atoms with Gasteiger partial charge in [-0.3, -0.25) is 0 Å². The number of nitrogens with one attached hydrogen (secondary N) is 1. The van der Waals surface area contributed by atoms with Crippen molar-refractivity contribution >= 4 is 12.4 Å². The summed E-state index contributed by atoms with van der Waals surface area (Å²) in [6, 6.07) is 0. The SMILES string of the molecule is C1CNOC1.Cl. The molecular weight excluding hydrogens is 101 g/mol. The van der Waals surface area contributed by atoms with Gasteiger partial charge in [0.2, 0.25) is 0 Å². The van der Waals surface area contributed by atoms with Gasteiger partial charge in [0.25, 0.3) is 0 Å². The maximum Gasteiger partial charge on any atom is 0.0695 e. The Hall–Kier alpha value is 0.210. The Kier molecular flexibility index (Phi) is 3.52. The van der Waals surface area contributed by atoms with Crippen molar-refractivity contribution in [2.45, 2.75) is 6.42 Å². The second kappa shape index (κ2) is 3.40. The molecule has 6 heavy (non-hydrogen) atoms. The smallest absolute Gasteiger partial charge is 0.0695 e. The van der Waals surface area contributed by atoms with Gasteiger partial charge in [0.15, 0.2) is 0 Å². The first-order chi connectivity index (χ1) is 2.50. The van der Waals surface area contributed by atoms with Crippen molar-refractivity contribution in [3.63, 3.8) is 0 Å². The standard InChI is InChI=1S/C3H7NO.ClH/c1-2-4-5-3-1;/h4H,1-3H2;1H. The Morgan fingerprint density at radius 1 is 1.50 bits per heavy atom. The molecule has 1 saturated heterocycles. The van der Waals surface area contributed by atoms with E-state index in [2.05, 4.69) is 5.48 Å². The van der Waals surface area contributed by atoms with Crippen molar-refractivity contribution in [2.75, 3.05) is 13.2 Å². The van der Waals surface area contributed by atoms with Crippen LogP contribution >= 0.6 is 12.4 Å². The molecule has 2 nitrogen and oxygen atoms in total. The molecule has 0 unspecified atom stereocenters. The number of rotatable bonds is 0. The maximum absolute atomic E-state index is 4.69. The molecule has 3 heteroatoms. The number of hydrogen-bond acceptors (Lipinski definition) is 2. The van der Waals surface area contributed by atoms with E-state index in [-0.39, 0.29) is 12.4 Å². The van der Waals surface area contributed by atoms with Gasteiger partial charge >= 0.3 is 0 Å². The van der Waals surface area contributed by atoms with E-state index in [1.54, 1.807) is 0 Å². The van der Waals surface area contributed by atoms with E-state index in [0.29, 0.717) is 0 Å². The molecule has 38 valence electrons. The molecular formula is C3H8ClNO. The maximum atomic E-state index is 4.69. The Bertz CT molecular complexity index is 22.4. The molecule has 1 rings (SSSR count). The van der Waals surface area contributed by atoms with E-state index in [1.807, 2.05) is 0 Å². The number of hydrogen-bond donors (Lipinski definition) is 1. The zero-order valence-electron chi connectivity index (χ0n) is 3.44. The van der Waals surface area contributed by atoms with E-state index >= 15 is 0 Å². The minimum atomic E-state index is 0. The lowest BCUT2D eigenvalue weighted by atomic mass is 10.5. The van der Waals surface area contributed by atoms with Gasteiger partial charge in [0.1, 0.15) is 0 Å². The van der Waals surface area contributed by atoms with Crippen LogP contribution in [0.15, 0.2) is 0 Å². The molecule has 0 bridgehead atoms. The highest BCUT2D eigenvalue weighted by molar-refractivity contribution is 5.85. The first-order valence-corrected chi connectivity index (χ1v) is 1.85. The second-order valence-electron chi connectivity index (χ2n) is 1.10. The molecule has 0 spiro atoms. The van der Waals surface area contributed by atoms with Crippen LogP contribution in [0.4, 0.5) is 0 Å². The quantitative estimate of drug-likeness (QED) is 0.484. The Labute approximate surface area is 43.2 Å². The summed E-state index contributed by atoms with van der Waals surface area (Å²) in [4.78, 5) is 4.69. The van der Waals surface area contributed by atoms with Crippen molar-refractivity contribution < 1.29 is 4.84 Å². The predicted molar refractivity (Wildman–Crippen MR) is 25.8 cm³/mol. The first-order valence-electron chi connectivity index (χ1n) is 1.85. The van der Waals surface area contributed by atoms with Crippen molar-refractivity contribution in [3.05, 3.63) is 0 Å². The fourth-order valence-corrected chi connectivity index (χ4v) is 0.361. The van der Waals surface area contributed by atoms with Gasteiger partial charge in [-0.05, 0) is 6.42 Å². The normalized spacial score (nSPS) is 20.0. The lowest BCUT2D eigenvalue weighted by Gasteiger charge is -1.80. The highest BCUT2D eigenvalue weighted by Gasteiger charge is 1.93. The number of halogens is 1. The van der Waals surface area contributed by atoms with E-state index in [4.69, 9.17) is 4.84 Å². The third-order valence-electron chi connectivity index (χ3n) is 0.627. The molecule has 0 atom stereocenters. The van der Waals surface area contributed by atoms with Crippen molar-refractivity contribution in [3.8, 4) is 0 Å². The zero-order chi connectivity index (χ0) is 3.54. The predicted octanol–water partition coefficient (Wildman–Crippen LogP) is 0.333.